The first kappa shape index (κ1) is 16.5. The van der Waals surface area contributed by atoms with Crippen LogP contribution in [-0.4, -0.2) is 52.5 Å². The number of carboxylic acid groups (broad SMARTS) is 1. The van der Waals surface area contributed by atoms with Crippen molar-refractivity contribution >= 4 is 22.8 Å². The molecule has 2 heterocycles. The van der Waals surface area contributed by atoms with Crippen LogP contribution in [0, 0.1) is 0 Å². The van der Waals surface area contributed by atoms with E-state index < -0.39 is 12.0 Å². The molecule has 0 bridgehead atoms. The number of hydrogen-bond acceptors (Lipinski definition) is 3. The van der Waals surface area contributed by atoms with Crippen LogP contribution in [0.15, 0.2) is 30.5 Å². The second-order valence-corrected chi connectivity index (χ2v) is 6.51. The zero-order chi connectivity index (χ0) is 17.1. The number of H-pyrrole nitrogens is 1. The Bertz CT molecular complexity index is 740. The molecule has 2 atom stereocenters. The van der Waals surface area contributed by atoms with Crippen molar-refractivity contribution in [3.8, 4) is 0 Å². The zero-order valence-electron chi connectivity index (χ0n) is 13.8. The van der Waals surface area contributed by atoms with Crippen LogP contribution < -0.4 is 5.32 Å². The van der Waals surface area contributed by atoms with E-state index in [-0.39, 0.29) is 11.9 Å². The third kappa shape index (κ3) is 3.59. The van der Waals surface area contributed by atoms with Crippen LogP contribution >= 0.6 is 0 Å². The second-order valence-electron chi connectivity index (χ2n) is 6.51. The number of hydrogen-bond donors (Lipinski definition) is 3. The molecule has 1 aliphatic rings. The molecule has 2 unspecified atom stereocenters. The number of amides is 1. The van der Waals surface area contributed by atoms with Crippen LogP contribution in [-0.2, 0) is 16.0 Å². The van der Waals surface area contributed by atoms with Gasteiger partial charge in [-0.2, -0.15) is 0 Å². The summed E-state index contributed by atoms with van der Waals surface area (Å²) in [6, 6.07) is 7.57. The van der Waals surface area contributed by atoms with E-state index in [1.807, 2.05) is 24.4 Å². The maximum absolute atomic E-state index is 12.1. The fraction of sp³-hybridized carbons (Fsp3) is 0.444. The highest BCUT2D eigenvalue weighted by molar-refractivity contribution is 5.83. The Morgan fingerprint density at radius 1 is 1.38 bits per heavy atom. The standard InChI is InChI=1S/C18H23N3O3/c1-21-11-13(9-16(21)18(23)24)20-17(22)8-4-5-12-10-19-15-7-3-2-6-14(12)15/h2-3,6-7,10,13,16,19H,4-5,8-9,11H2,1H3,(H,20,22)(H,23,24). The highest BCUT2D eigenvalue weighted by atomic mass is 16.4. The molecule has 0 radical (unpaired) electrons. The number of aromatic nitrogens is 1. The molecule has 1 aliphatic heterocycles. The predicted octanol–water partition coefficient (Wildman–Crippen LogP) is 1.76. The Hall–Kier alpha value is -2.34. The van der Waals surface area contributed by atoms with Crippen LogP contribution in [0.3, 0.4) is 0 Å². The molecule has 1 aromatic heterocycles. The molecule has 1 aromatic carbocycles. The summed E-state index contributed by atoms with van der Waals surface area (Å²) in [6.45, 7) is 0.588. The van der Waals surface area contributed by atoms with Gasteiger partial charge in [-0.15, -0.1) is 0 Å². The zero-order valence-corrected chi connectivity index (χ0v) is 13.8. The molecule has 6 heteroatoms. The van der Waals surface area contributed by atoms with Gasteiger partial charge in [0.25, 0.3) is 0 Å². The molecule has 128 valence electrons. The van der Waals surface area contributed by atoms with E-state index in [0.29, 0.717) is 19.4 Å². The van der Waals surface area contributed by atoms with Gasteiger partial charge in [0.2, 0.25) is 5.91 Å². The van der Waals surface area contributed by atoms with Crippen molar-refractivity contribution in [1.82, 2.24) is 15.2 Å². The van der Waals surface area contributed by atoms with E-state index >= 15 is 0 Å². The molecule has 0 aliphatic carbocycles. The largest absolute Gasteiger partial charge is 0.480 e. The highest BCUT2D eigenvalue weighted by Crippen LogP contribution is 2.20. The maximum Gasteiger partial charge on any atom is 0.320 e. The van der Waals surface area contributed by atoms with Crippen molar-refractivity contribution in [2.45, 2.75) is 37.8 Å². The Labute approximate surface area is 140 Å². The van der Waals surface area contributed by atoms with E-state index in [2.05, 4.69) is 16.4 Å². The molecule has 1 amide bonds. The van der Waals surface area contributed by atoms with Crippen LogP contribution in [0.25, 0.3) is 10.9 Å². The molecule has 2 aromatic rings. The lowest BCUT2D eigenvalue weighted by Crippen LogP contribution is -2.36. The summed E-state index contributed by atoms with van der Waals surface area (Å²) < 4.78 is 0. The summed E-state index contributed by atoms with van der Waals surface area (Å²) >= 11 is 0. The number of nitrogens with one attached hydrogen (secondary N) is 2. The summed E-state index contributed by atoms with van der Waals surface area (Å²) in [7, 11) is 1.78. The number of nitrogens with zero attached hydrogens (tertiary/aromatic N) is 1. The molecule has 1 fully saturated rings. The van der Waals surface area contributed by atoms with Gasteiger partial charge in [0.1, 0.15) is 6.04 Å². The molecule has 0 saturated carbocycles. The lowest BCUT2D eigenvalue weighted by Gasteiger charge is -2.13. The van der Waals surface area contributed by atoms with E-state index in [1.54, 1.807) is 11.9 Å². The van der Waals surface area contributed by atoms with Crippen LogP contribution in [0.5, 0.6) is 0 Å². The van der Waals surface area contributed by atoms with Gasteiger partial charge in [-0.05, 0) is 37.9 Å². The number of likely N-dealkylation sites (tertiary alicyclic amines) is 1. The number of aromatic amines is 1. The van der Waals surface area contributed by atoms with E-state index in [0.717, 1.165) is 18.4 Å². The van der Waals surface area contributed by atoms with Crippen molar-refractivity contribution in [3.05, 3.63) is 36.0 Å². The van der Waals surface area contributed by atoms with Gasteiger partial charge in [0, 0.05) is 36.1 Å². The number of rotatable bonds is 6. The second kappa shape index (κ2) is 7.05. The van der Waals surface area contributed by atoms with Gasteiger partial charge in [-0.1, -0.05) is 18.2 Å². The average molecular weight is 329 g/mol. The minimum Gasteiger partial charge on any atom is -0.480 e. The molecular weight excluding hydrogens is 306 g/mol. The minimum atomic E-state index is -0.825. The summed E-state index contributed by atoms with van der Waals surface area (Å²) in [6.07, 6.45) is 4.56. The Morgan fingerprint density at radius 2 is 2.17 bits per heavy atom. The normalized spacial score (nSPS) is 21.2. The van der Waals surface area contributed by atoms with Crippen LogP contribution in [0.1, 0.15) is 24.8 Å². The topological polar surface area (TPSA) is 85.4 Å². The first-order valence-electron chi connectivity index (χ1n) is 8.32. The predicted molar refractivity (Wildman–Crippen MR) is 91.8 cm³/mol. The van der Waals surface area contributed by atoms with Gasteiger partial charge in [0.15, 0.2) is 0 Å². The van der Waals surface area contributed by atoms with E-state index in [1.165, 1.54) is 10.9 Å². The number of benzene rings is 1. The smallest absolute Gasteiger partial charge is 0.320 e. The van der Waals surface area contributed by atoms with Crippen LogP contribution in [0.4, 0.5) is 0 Å². The van der Waals surface area contributed by atoms with Gasteiger partial charge in [-0.25, -0.2) is 0 Å². The van der Waals surface area contributed by atoms with E-state index in [4.69, 9.17) is 5.11 Å². The number of carboxylic acids is 1. The van der Waals surface area contributed by atoms with Gasteiger partial charge in [0.05, 0.1) is 0 Å². The Morgan fingerprint density at radius 3 is 2.92 bits per heavy atom. The molecule has 1 saturated heterocycles. The molecular formula is C18H23N3O3. The third-order valence-electron chi connectivity index (χ3n) is 4.72. The summed E-state index contributed by atoms with van der Waals surface area (Å²) in [5, 5.41) is 13.3. The van der Waals surface area contributed by atoms with Gasteiger partial charge in [-0.3, -0.25) is 14.5 Å². The first-order chi connectivity index (χ1) is 11.5. The van der Waals surface area contributed by atoms with Gasteiger partial charge < -0.3 is 15.4 Å². The van der Waals surface area contributed by atoms with Gasteiger partial charge >= 0.3 is 5.97 Å². The number of fused-ring (bicyclic) bond motifs is 1. The lowest BCUT2D eigenvalue weighted by atomic mass is 10.1. The summed E-state index contributed by atoms with van der Waals surface area (Å²) in [5.41, 5.74) is 2.34. The number of carbonyl (C=O) groups excluding carboxylic acids is 1. The Kier molecular flexibility index (Phi) is 4.85. The third-order valence-corrected chi connectivity index (χ3v) is 4.72. The number of aliphatic carboxylic acids is 1. The highest BCUT2D eigenvalue weighted by Gasteiger charge is 2.34. The summed E-state index contributed by atoms with van der Waals surface area (Å²) in [4.78, 5) is 28.2. The van der Waals surface area contributed by atoms with Crippen LogP contribution in [0.2, 0.25) is 0 Å². The van der Waals surface area contributed by atoms with Crippen molar-refractivity contribution < 1.29 is 14.7 Å². The molecule has 3 rings (SSSR count). The molecule has 6 nitrogen and oxygen atoms in total. The minimum absolute atomic E-state index is 0.000667. The molecule has 24 heavy (non-hydrogen) atoms. The average Bonchev–Trinajstić information content (AvgIpc) is 3.11. The Balaban J connectivity index is 1.46. The number of likely N-dealkylation sites (N-methyl/N-ethyl adjacent to an activating group) is 1. The maximum atomic E-state index is 12.1. The summed E-state index contributed by atoms with van der Waals surface area (Å²) in [5.74, 6) is -0.826. The van der Waals surface area contributed by atoms with Crippen molar-refractivity contribution in [2.24, 2.45) is 0 Å². The fourth-order valence-corrected chi connectivity index (χ4v) is 3.47. The SMILES string of the molecule is CN1CC(NC(=O)CCCc2c[nH]c3ccccc23)CC1C(=O)O. The van der Waals surface area contributed by atoms with Crippen molar-refractivity contribution in [2.75, 3.05) is 13.6 Å². The number of carbonyl (C=O) groups is 2. The first-order valence-corrected chi connectivity index (χ1v) is 8.32. The molecule has 0 spiro atoms. The number of para-hydroxylation sites is 1. The fourth-order valence-electron chi connectivity index (χ4n) is 3.47. The lowest BCUT2D eigenvalue weighted by molar-refractivity contribution is -0.141. The van der Waals surface area contributed by atoms with Crippen molar-refractivity contribution in [3.63, 3.8) is 0 Å². The molecule has 3 N–H and O–H groups in total. The van der Waals surface area contributed by atoms with E-state index in [9.17, 15) is 9.59 Å². The monoisotopic (exact) mass is 329 g/mol. The quantitative estimate of drug-likeness (QED) is 0.754. The van der Waals surface area contributed by atoms with Crippen molar-refractivity contribution in [1.29, 1.82) is 0 Å². The number of aryl methyl sites for hydroxylation is 1.